The summed E-state index contributed by atoms with van der Waals surface area (Å²) in [6.07, 6.45) is 11.1. The fourth-order valence-electron chi connectivity index (χ4n) is 4.11. The number of ether oxygens (including phenoxy) is 1. The first kappa shape index (κ1) is 32.8. The van der Waals surface area contributed by atoms with Crippen molar-refractivity contribution in [3.05, 3.63) is 54.1 Å². The number of carbonyl (C=O) groups is 1. The van der Waals surface area contributed by atoms with E-state index in [9.17, 15) is 9.90 Å². The van der Waals surface area contributed by atoms with Gasteiger partial charge in [-0.05, 0) is 74.2 Å². The van der Waals surface area contributed by atoms with Gasteiger partial charge in [0, 0.05) is 0 Å². The SMILES string of the molecule is CCCC[N+](CCCC)(CCCC)CCCC.N#Cc1ccc(/N=N/c2ccc(OCC(=O)[O-])cc2)cc1. The van der Waals surface area contributed by atoms with Crippen molar-refractivity contribution in [2.75, 3.05) is 32.8 Å². The number of hydrogen-bond acceptors (Lipinski definition) is 6. The molecule has 0 atom stereocenters. The Morgan fingerprint density at radius 1 is 0.763 bits per heavy atom. The Morgan fingerprint density at radius 3 is 1.50 bits per heavy atom. The highest BCUT2D eigenvalue weighted by Crippen LogP contribution is 2.21. The Kier molecular flexibility index (Phi) is 17.1. The number of nitrogens with zero attached hydrogens (tertiary/aromatic N) is 4. The number of quaternary nitrogens is 1. The van der Waals surface area contributed by atoms with E-state index in [-0.39, 0.29) is 0 Å². The van der Waals surface area contributed by atoms with Crippen molar-refractivity contribution >= 4 is 17.3 Å². The molecule has 0 radical (unpaired) electrons. The van der Waals surface area contributed by atoms with Crippen molar-refractivity contribution in [3.63, 3.8) is 0 Å². The summed E-state index contributed by atoms with van der Waals surface area (Å²) in [5.41, 5.74) is 1.79. The summed E-state index contributed by atoms with van der Waals surface area (Å²) in [5, 5.41) is 27.0. The molecule has 0 aliphatic rings. The monoisotopic (exact) mass is 522 g/mol. The van der Waals surface area contributed by atoms with Crippen LogP contribution in [0.1, 0.15) is 84.6 Å². The lowest BCUT2D eigenvalue weighted by molar-refractivity contribution is -0.929. The molecule has 2 rings (SSSR count). The van der Waals surface area contributed by atoms with Crippen molar-refractivity contribution in [1.82, 2.24) is 0 Å². The maximum atomic E-state index is 10.3. The first-order valence-corrected chi connectivity index (χ1v) is 14.1. The Balaban J connectivity index is 0.000000391. The van der Waals surface area contributed by atoms with E-state index >= 15 is 0 Å². The number of aliphatic carboxylic acids is 1. The van der Waals surface area contributed by atoms with Crippen molar-refractivity contribution in [3.8, 4) is 11.8 Å². The topological polar surface area (TPSA) is 97.9 Å². The molecule has 0 aliphatic carbocycles. The van der Waals surface area contributed by atoms with E-state index in [0.717, 1.165) is 0 Å². The van der Waals surface area contributed by atoms with Gasteiger partial charge in [-0.15, -0.1) is 0 Å². The molecule has 0 unspecified atom stereocenters. The summed E-state index contributed by atoms with van der Waals surface area (Å²) >= 11 is 0. The number of hydrogen-bond donors (Lipinski definition) is 0. The molecular formula is C31H46N4O3. The van der Waals surface area contributed by atoms with E-state index in [1.54, 1.807) is 48.5 Å². The Labute approximate surface area is 229 Å². The minimum atomic E-state index is -1.28. The molecule has 0 heterocycles. The Hall–Kier alpha value is -3.24. The highest BCUT2D eigenvalue weighted by Gasteiger charge is 2.24. The molecule has 0 bridgehead atoms. The molecule has 38 heavy (non-hydrogen) atoms. The molecule has 0 saturated carbocycles. The average Bonchev–Trinajstić information content (AvgIpc) is 2.95. The lowest BCUT2D eigenvalue weighted by Gasteiger charge is -2.39. The van der Waals surface area contributed by atoms with Crippen LogP contribution in [0.25, 0.3) is 0 Å². The number of carboxylic acids is 1. The van der Waals surface area contributed by atoms with E-state index in [1.165, 1.54) is 82.0 Å². The molecule has 0 N–H and O–H groups in total. The zero-order valence-electron chi connectivity index (χ0n) is 23.8. The smallest absolute Gasteiger partial charge is 0.128 e. The molecular weight excluding hydrogens is 476 g/mol. The minimum absolute atomic E-state index is 0.413. The highest BCUT2D eigenvalue weighted by atomic mass is 16.5. The highest BCUT2D eigenvalue weighted by molar-refractivity contribution is 5.66. The third kappa shape index (κ3) is 13.9. The Morgan fingerprint density at radius 2 is 1.16 bits per heavy atom. The van der Waals surface area contributed by atoms with Crippen LogP contribution < -0.4 is 9.84 Å². The van der Waals surface area contributed by atoms with Gasteiger partial charge in [0.1, 0.15) is 12.4 Å². The molecule has 7 heteroatoms. The van der Waals surface area contributed by atoms with Crippen molar-refractivity contribution in [2.24, 2.45) is 10.2 Å². The van der Waals surface area contributed by atoms with Crippen LogP contribution in [-0.2, 0) is 4.79 Å². The number of benzene rings is 2. The van der Waals surface area contributed by atoms with Gasteiger partial charge in [0.25, 0.3) is 0 Å². The van der Waals surface area contributed by atoms with Crippen LogP contribution in [0.2, 0.25) is 0 Å². The van der Waals surface area contributed by atoms with Gasteiger partial charge < -0.3 is 19.1 Å². The zero-order valence-corrected chi connectivity index (χ0v) is 23.8. The van der Waals surface area contributed by atoms with Crippen molar-refractivity contribution in [2.45, 2.75) is 79.1 Å². The molecule has 7 nitrogen and oxygen atoms in total. The number of unbranched alkanes of at least 4 members (excludes halogenated alkanes) is 4. The lowest BCUT2D eigenvalue weighted by Crippen LogP contribution is -2.50. The fourth-order valence-corrected chi connectivity index (χ4v) is 4.11. The Bertz CT molecular complexity index is 929. The van der Waals surface area contributed by atoms with Crippen LogP contribution in [0.5, 0.6) is 5.75 Å². The van der Waals surface area contributed by atoms with Crippen LogP contribution in [0, 0.1) is 11.3 Å². The number of carbonyl (C=O) groups excluding carboxylic acids is 1. The molecule has 0 saturated heterocycles. The summed E-state index contributed by atoms with van der Waals surface area (Å²) in [4.78, 5) is 10.3. The third-order valence-corrected chi connectivity index (χ3v) is 6.41. The van der Waals surface area contributed by atoms with Gasteiger partial charge in [-0.3, -0.25) is 0 Å². The predicted molar refractivity (Wildman–Crippen MR) is 152 cm³/mol. The second kappa shape index (κ2) is 19.8. The van der Waals surface area contributed by atoms with Crippen LogP contribution in [0.3, 0.4) is 0 Å². The van der Waals surface area contributed by atoms with Crippen LogP contribution in [-0.4, -0.2) is 43.2 Å². The van der Waals surface area contributed by atoms with E-state index in [1.807, 2.05) is 6.07 Å². The van der Waals surface area contributed by atoms with E-state index in [2.05, 4.69) is 37.9 Å². The summed E-state index contributed by atoms with van der Waals surface area (Å²) in [6.45, 7) is 14.5. The zero-order chi connectivity index (χ0) is 28.1. The number of azo groups is 1. The minimum Gasteiger partial charge on any atom is -0.546 e. The van der Waals surface area contributed by atoms with Gasteiger partial charge in [0.05, 0.1) is 55.2 Å². The molecule has 0 aliphatic heterocycles. The van der Waals surface area contributed by atoms with Crippen molar-refractivity contribution < 1.29 is 19.1 Å². The molecule has 0 fully saturated rings. The molecule has 208 valence electrons. The maximum Gasteiger partial charge on any atom is 0.128 e. The first-order chi connectivity index (χ1) is 18.4. The van der Waals surface area contributed by atoms with Gasteiger partial charge >= 0.3 is 0 Å². The van der Waals surface area contributed by atoms with Gasteiger partial charge in [0.2, 0.25) is 0 Å². The second-order valence-corrected chi connectivity index (χ2v) is 9.66. The molecule has 2 aromatic carbocycles. The molecule has 0 aromatic heterocycles. The van der Waals surface area contributed by atoms with Crippen molar-refractivity contribution in [1.29, 1.82) is 5.26 Å². The molecule has 2 aromatic rings. The first-order valence-electron chi connectivity index (χ1n) is 14.1. The summed E-state index contributed by atoms with van der Waals surface area (Å²) in [6, 6.07) is 15.2. The summed E-state index contributed by atoms with van der Waals surface area (Å²) in [5.74, 6) is -0.865. The van der Waals surface area contributed by atoms with Gasteiger partial charge in [0.15, 0.2) is 0 Å². The standard InChI is InChI=1S/C16H36N.C15H11N3O3/c1-5-9-13-17(14-10-6-2,15-11-7-3)16-12-8-4;16-9-11-1-3-12(4-2-11)17-18-13-5-7-14(8-6-13)21-10-15(19)20/h5-16H2,1-4H3;1-8H,10H2,(H,19,20)/q+1;/p-1/b;18-17+. The maximum absolute atomic E-state index is 10.3. The predicted octanol–water partition coefficient (Wildman–Crippen LogP) is 7.11. The lowest BCUT2D eigenvalue weighted by atomic mass is 10.1. The number of carboxylic acid groups (broad SMARTS) is 1. The number of rotatable bonds is 17. The molecule has 0 amide bonds. The summed E-state index contributed by atoms with van der Waals surface area (Å²) in [7, 11) is 0. The van der Waals surface area contributed by atoms with E-state index in [0.29, 0.717) is 22.7 Å². The quantitative estimate of drug-likeness (QED) is 0.163. The van der Waals surface area contributed by atoms with Gasteiger partial charge in [-0.25, -0.2) is 0 Å². The summed E-state index contributed by atoms with van der Waals surface area (Å²) < 4.78 is 6.37. The second-order valence-electron chi connectivity index (χ2n) is 9.66. The number of nitriles is 1. The van der Waals surface area contributed by atoms with E-state index in [4.69, 9.17) is 10.00 Å². The van der Waals surface area contributed by atoms with E-state index < -0.39 is 12.6 Å². The van der Waals surface area contributed by atoms with Crippen LogP contribution in [0.15, 0.2) is 58.8 Å². The van der Waals surface area contributed by atoms with Crippen LogP contribution in [0.4, 0.5) is 11.4 Å². The largest absolute Gasteiger partial charge is 0.546 e. The average molecular weight is 523 g/mol. The normalized spacial score (nSPS) is 11.0. The molecule has 0 spiro atoms. The van der Waals surface area contributed by atoms with Crippen LogP contribution >= 0.6 is 0 Å². The third-order valence-electron chi connectivity index (χ3n) is 6.41. The fraction of sp³-hybridized carbons (Fsp3) is 0.548. The van der Waals surface area contributed by atoms with Gasteiger partial charge in [-0.1, -0.05) is 53.4 Å². The van der Waals surface area contributed by atoms with Gasteiger partial charge in [-0.2, -0.15) is 15.5 Å².